The van der Waals surface area contributed by atoms with Gasteiger partial charge in [-0.1, -0.05) is 0 Å². The first kappa shape index (κ1) is 19.7. The summed E-state index contributed by atoms with van der Waals surface area (Å²) >= 11 is 1.54. The maximum absolute atomic E-state index is 11.2. The van der Waals surface area contributed by atoms with Crippen LogP contribution in [0.15, 0.2) is 24.5 Å². The zero-order valence-electron chi connectivity index (χ0n) is 16.3. The first-order valence-electron chi connectivity index (χ1n) is 9.10. The third-order valence-electron chi connectivity index (χ3n) is 4.92. The first-order valence-corrected chi connectivity index (χ1v) is 9.91. The lowest BCUT2D eigenvalue weighted by molar-refractivity contribution is -0.114. The summed E-state index contributed by atoms with van der Waals surface area (Å²) in [5.41, 5.74) is 1.24. The second-order valence-corrected chi connectivity index (χ2v) is 8.21. The van der Waals surface area contributed by atoms with E-state index in [1.807, 2.05) is 12.3 Å². The van der Waals surface area contributed by atoms with Gasteiger partial charge in [0.15, 0.2) is 5.13 Å². The summed E-state index contributed by atoms with van der Waals surface area (Å²) in [6.07, 6.45) is 4.63. The molecule has 0 aromatic carbocycles. The molecule has 1 aliphatic heterocycles. The Morgan fingerprint density at radius 1 is 1.41 bits per heavy atom. The number of piperazine rings is 1. The minimum absolute atomic E-state index is 0.0864. The quantitative estimate of drug-likeness (QED) is 0.817. The number of carbonyl (C=O) groups is 1. The number of nitrogens with one attached hydrogen (secondary N) is 1. The molecule has 1 aliphatic rings. The Kier molecular flexibility index (Phi) is 6.41. The number of amides is 1. The highest BCUT2D eigenvalue weighted by Gasteiger charge is 2.29. The molecule has 8 heteroatoms. The number of rotatable bonds is 6. The number of hydrogen-bond acceptors (Lipinski definition) is 7. The van der Waals surface area contributed by atoms with E-state index in [1.165, 1.54) is 17.4 Å². The van der Waals surface area contributed by atoms with Crippen LogP contribution < -0.4 is 10.1 Å². The molecule has 27 heavy (non-hydrogen) atoms. The highest BCUT2D eigenvalue weighted by molar-refractivity contribution is 7.15. The van der Waals surface area contributed by atoms with Crippen LogP contribution in [0.3, 0.4) is 0 Å². The van der Waals surface area contributed by atoms with Crippen molar-refractivity contribution >= 4 is 22.4 Å². The van der Waals surface area contributed by atoms with Gasteiger partial charge in [-0.2, -0.15) is 0 Å². The van der Waals surface area contributed by atoms with Crippen molar-refractivity contribution < 1.29 is 9.53 Å². The molecule has 7 nitrogen and oxygen atoms in total. The highest BCUT2D eigenvalue weighted by atomic mass is 32.1. The highest BCUT2D eigenvalue weighted by Crippen LogP contribution is 2.24. The summed E-state index contributed by atoms with van der Waals surface area (Å²) in [6, 6.07) is 4.96. The van der Waals surface area contributed by atoms with Gasteiger partial charge in [0.05, 0.1) is 7.11 Å². The van der Waals surface area contributed by atoms with Crippen molar-refractivity contribution in [3.05, 3.63) is 35.0 Å². The molecule has 3 rings (SSSR count). The third-order valence-corrected chi connectivity index (χ3v) is 5.82. The second-order valence-electron chi connectivity index (χ2n) is 7.10. The Hall–Kier alpha value is -2.03. The second kappa shape index (κ2) is 8.77. The topological polar surface area (TPSA) is 70.6 Å². The van der Waals surface area contributed by atoms with Gasteiger partial charge in [0.1, 0.15) is 0 Å². The summed E-state index contributed by atoms with van der Waals surface area (Å²) in [7, 11) is 3.84. The summed E-state index contributed by atoms with van der Waals surface area (Å²) in [4.78, 5) is 25.8. The predicted molar refractivity (Wildman–Crippen MR) is 107 cm³/mol. The molecule has 1 fully saturated rings. The average Bonchev–Trinajstić information content (AvgIpc) is 3.05. The lowest BCUT2D eigenvalue weighted by atomic mass is 10.0. The Labute approximate surface area is 164 Å². The minimum Gasteiger partial charge on any atom is -0.481 e. The molecule has 2 aromatic heterocycles. The fourth-order valence-electron chi connectivity index (χ4n) is 3.46. The van der Waals surface area contributed by atoms with E-state index in [4.69, 9.17) is 4.74 Å². The van der Waals surface area contributed by atoms with Crippen LogP contribution in [0.4, 0.5) is 5.13 Å². The molecule has 0 radical (unpaired) electrons. The molecule has 1 N–H and O–H groups in total. The molecule has 146 valence electrons. The van der Waals surface area contributed by atoms with Gasteiger partial charge in [-0.3, -0.25) is 9.69 Å². The van der Waals surface area contributed by atoms with Crippen molar-refractivity contribution in [1.82, 2.24) is 19.8 Å². The van der Waals surface area contributed by atoms with Gasteiger partial charge in [-0.05, 0) is 32.0 Å². The maximum Gasteiger partial charge on any atom is 0.223 e. The molecule has 1 unspecified atom stereocenters. The number of pyridine rings is 1. The molecule has 1 saturated heterocycles. The SMILES string of the molecule is COc1cc(CC2CN(Cc3cnc(NC(C)=O)s3)[C@@H](C)CN2C)ccn1. The van der Waals surface area contributed by atoms with E-state index in [0.29, 0.717) is 23.1 Å². The zero-order valence-corrected chi connectivity index (χ0v) is 17.1. The number of thiazole rings is 1. The lowest BCUT2D eigenvalue weighted by Crippen LogP contribution is -2.56. The maximum atomic E-state index is 11.2. The number of anilines is 1. The third kappa shape index (κ3) is 5.24. The van der Waals surface area contributed by atoms with E-state index in [9.17, 15) is 4.79 Å². The predicted octanol–water partition coefficient (Wildman–Crippen LogP) is 2.25. The lowest BCUT2D eigenvalue weighted by Gasteiger charge is -2.43. The number of methoxy groups -OCH3 is 1. The molecular formula is C19H27N5O2S. The smallest absolute Gasteiger partial charge is 0.223 e. The van der Waals surface area contributed by atoms with Gasteiger partial charge in [0.25, 0.3) is 0 Å². The standard InChI is InChI=1S/C19H27N5O2S/c1-13-10-23(3)16(7-15-5-6-20-18(8-15)26-4)11-24(13)12-17-9-21-19(27-17)22-14(2)25/h5-6,8-9,13,16H,7,10-12H2,1-4H3,(H,21,22,25)/t13-,16?/m0/s1. The molecule has 2 atom stereocenters. The summed E-state index contributed by atoms with van der Waals surface area (Å²) < 4.78 is 5.25. The fourth-order valence-corrected chi connectivity index (χ4v) is 4.35. The summed E-state index contributed by atoms with van der Waals surface area (Å²) in [6.45, 7) is 6.61. The van der Waals surface area contributed by atoms with Gasteiger partial charge in [-0.25, -0.2) is 9.97 Å². The van der Waals surface area contributed by atoms with Crippen molar-refractivity contribution in [2.75, 3.05) is 32.6 Å². The number of aromatic nitrogens is 2. The van der Waals surface area contributed by atoms with Gasteiger partial charge in [0.2, 0.25) is 11.8 Å². The van der Waals surface area contributed by atoms with Gasteiger partial charge in [0, 0.05) is 62.0 Å². The van der Waals surface area contributed by atoms with Crippen molar-refractivity contribution in [3.63, 3.8) is 0 Å². The fraction of sp³-hybridized carbons (Fsp3) is 0.526. The average molecular weight is 390 g/mol. The number of carbonyl (C=O) groups excluding carboxylic acids is 1. The van der Waals surface area contributed by atoms with Crippen LogP contribution >= 0.6 is 11.3 Å². The van der Waals surface area contributed by atoms with E-state index in [0.717, 1.165) is 26.1 Å². The van der Waals surface area contributed by atoms with Crippen LogP contribution in [0, 0.1) is 0 Å². The largest absolute Gasteiger partial charge is 0.481 e. The normalized spacial score (nSPS) is 21.2. The number of nitrogens with zero attached hydrogens (tertiary/aromatic N) is 4. The van der Waals surface area contributed by atoms with E-state index >= 15 is 0 Å². The van der Waals surface area contributed by atoms with Crippen molar-refractivity contribution in [1.29, 1.82) is 0 Å². The Bertz CT molecular complexity index is 781. The van der Waals surface area contributed by atoms with Crippen LogP contribution in [0.2, 0.25) is 0 Å². The zero-order chi connectivity index (χ0) is 19.4. The Balaban J connectivity index is 1.65. The molecule has 0 spiro atoms. The summed E-state index contributed by atoms with van der Waals surface area (Å²) in [5, 5.41) is 3.42. The molecule has 2 aromatic rings. The van der Waals surface area contributed by atoms with E-state index in [1.54, 1.807) is 24.6 Å². The van der Waals surface area contributed by atoms with Crippen molar-refractivity contribution in [2.45, 2.75) is 38.9 Å². The van der Waals surface area contributed by atoms with Crippen LogP contribution in [0.25, 0.3) is 0 Å². The van der Waals surface area contributed by atoms with Gasteiger partial charge >= 0.3 is 0 Å². The minimum atomic E-state index is -0.0864. The van der Waals surface area contributed by atoms with Crippen molar-refractivity contribution in [3.8, 4) is 5.88 Å². The van der Waals surface area contributed by atoms with E-state index < -0.39 is 0 Å². The van der Waals surface area contributed by atoms with Crippen molar-refractivity contribution in [2.24, 2.45) is 0 Å². The Morgan fingerprint density at radius 2 is 2.22 bits per heavy atom. The molecule has 0 saturated carbocycles. The van der Waals surface area contributed by atoms with Gasteiger partial charge < -0.3 is 15.0 Å². The molecular weight excluding hydrogens is 362 g/mol. The molecule has 0 aliphatic carbocycles. The number of ether oxygens (including phenoxy) is 1. The van der Waals surface area contributed by atoms with Crippen LogP contribution in [0.5, 0.6) is 5.88 Å². The van der Waals surface area contributed by atoms with Crippen LogP contribution in [-0.2, 0) is 17.8 Å². The number of likely N-dealkylation sites (N-methyl/N-ethyl adjacent to an activating group) is 1. The van der Waals surface area contributed by atoms with E-state index in [-0.39, 0.29) is 5.91 Å². The van der Waals surface area contributed by atoms with Crippen LogP contribution in [0.1, 0.15) is 24.3 Å². The van der Waals surface area contributed by atoms with Gasteiger partial charge in [-0.15, -0.1) is 11.3 Å². The van der Waals surface area contributed by atoms with Crippen LogP contribution in [-0.4, -0.2) is 65.0 Å². The number of hydrogen-bond donors (Lipinski definition) is 1. The Morgan fingerprint density at radius 3 is 2.96 bits per heavy atom. The monoisotopic (exact) mass is 389 g/mol. The molecule has 1 amide bonds. The summed E-state index contributed by atoms with van der Waals surface area (Å²) in [5.74, 6) is 0.572. The van der Waals surface area contributed by atoms with E-state index in [2.05, 4.69) is 45.1 Å². The molecule has 3 heterocycles. The molecule has 0 bridgehead atoms. The first-order chi connectivity index (χ1) is 12.9.